The van der Waals surface area contributed by atoms with E-state index in [1.54, 1.807) is 0 Å². The fourth-order valence-electron chi connectivity index (χ4n) is 1.24. The van der Waals surface area contributed by atoms with Gasteiger partial charge in [-0.25, -0.2) is 9.18 Å². The Bertz CT molecular complexity index is 384. The van der Waals surface area contributed by atoms with Crippen molar-refractivity contribution in [3.05, 3.63) is 29.6 Å². The monoisotopic (exact) mass is 211 g/mol. The number of rotatable bonds is 4. The van der Waals surface area contributed by atoms with Gasteiger partial charge in [0.15, 0.2) is 6.29 Å². The van der Waals surface area contributed by atoms with Crippen molar-refractivity contribution in [1.29, 1.82) is 0 Å². The van der Waals surface area contributed by atoms with E-state index < -0.39 is 12.1 Å². The minimum atomic E-state index is -0.890. The van der Waals surface area contributed by atoms with Gasteiger partial charge >= 0.3 is 0 Å². The molecule has 0 heterocycles. The predicted molar refractivity (Wildman–Crippen MR) is 50.9 cm³/mol. The first kappa shape index (κ1) is 11.5. The Morgan fingerprint density at radius 3 is 2.60 bits per heavy atom. The lowest BCUT2D eigenvalue weighted by Gasteiger charge is -2.15. The van der Waals surface area contributed by atoms with Crippen LogP contribution in [-0.4, -0.2) is 20.3 Å². The lowest BCUT2D eigenvalue weighted by molar-refractivity contribution is -0.107. The van der Waals surface area contributed by atoms with Crippen LogP contribution in [-0.2, 0) is 14.3 Å². The summed E-state index contributed by atoms with van der Waals surface area (Å²) < 4.78 is 23.3. The Balaban J connectivity index is 3.28. The summed E-state index contributed by atoms with van der Waals surface area (Å²) in [6.07, 6.45) is 0.461. The Morgan fingerprint density at radius 2 is 2.07 bits per heavy atom. The van der Waals surface area contributed by atoms with Gasteiger partial charge in [0.25, 0.3) is 0 Å². The molecule has 0 amide bonds. The van der Waals surface area contributed by atoms with E-state index in [4.69, 9.17) is 9.47 Å². The standard InChI is InChI=1S/C10H10FNO3/c1-14-10(15-2)9-7(11)4-3-5-8(9)12-6-13/h3-5,10H,1-2H3. The highest BCUT2D eigenvalue weighted by atomic mass is 19.1. The van der Waals surface area contributed by atoms with Gasteiger partial charge in [0.05, 0.1) is 11.3 Å². The summed E-state index contributed by atoms with van der Waals surface area (Å²) in [7, 11) is 2.74. The molecule has 15 heavy (non-hydrogen) atoms. The summed E-state index contributed by atoms with van der Waals surface area (Å²) >= 11 is 0. The van der Waals surface area contributed by atoms with Gasteiger partial charge in [0, 0.05) is 14.2 Å². The highest BCUT2D eigenvalue weighted by Gasteiger charge is 2.18. The van der Waals surface area contributed by atoms with Gasteiger partial charge in [0.1, 0.15) is 5.82 Å². The number of benzene rings is 1. The predicted octanol–water partition coefficient (Wildman–Crippen LogP) is 2.08. The maximum Gasteiger partial charge on any atom is 0.240 e. The quantitative estimate of drug-likeness (QED) is 0.435. The number of carbonyl (C=O) groups excluding carboxylic acids is 1. The SMILES string of the molecule is COC(OC)c1c(F)cccc1N=C=O. The van der Waals surface area contributed by atoms with Gasteiger partial charge in [-0.15, -0.1) is 0 Å². The van der Waals surface area contributed by atoms with Crippen molar-refractivity contribution in [2.75, 3.05) is 14.2 Å². The lowest BCUT2D eigenvalue weighted by Crippen LogP contribution is -2.06. The van der Waals surface area contributed by atoms with Crippen molar-refractivity contribution in [1.82, 2.24) is 0 Å². The number of ether oxygens (including phenoxy) is 2. The van der Waals surface area contributed by atoms with Gasteiger partial charge in [-0.05, 0) is 12.1 Å². The molecule has 80 valence electrons. The van der Waals surface area contributed by atoms with Crippen LogP contribution >= 0.6 is 0 Å². The smallest absolute Gasteiger partial charge is 0.240 e. The molecule has 0 aliphatic heterocycles. The van der Waals surface area contributed by atoms with E-state index >= 15 is 0 Å². The van der Waals surface area contributed by atoms with Gasteiger partial charge in [0.2, 0.25) is 6.08 Å². The molecule has 0 aromatic heterocycles. The molecule has 0 bridgehead atoms. The first-order valence-electron chi connectivity index (χ1n) is 4.16. The van der Waals surface area contributed by atoms with Crippen molar-refractivity contribution in [2.45, 2.75) is 6.29 Å². The number of isocyanates is 1. The summed E-state index contributed by atoms with van der Waals surface area (Å²) in [5.41, 5.74) is 0.240. The molecule has 1 rings (SSSR count). The maximum absolute atomic E-state index is 13.4. The number of hydrogen-bond acceptors (Lipinski definition) is 4. The zero-order valence-corrected chi connectivity index (χ0v) is 8.36. The number of halogens is 1. The summed E-state index contributed by atoms with van der Waals surface area (Å²) in [4.78, 5) is 13.5. The van der Waals surface area contributed by atoms with E-state index in [0.717, 1.165) is 0 Å². The van der Waals surface area contributed by atoms with Crippen molar-refractivity contribution >= 4 is 11.8 Å². The van der Waals surface area contributed by atoms with E-state index in [1.807, 2.05) is 0 Å². The van der Waals surface area contributed by atoms with Gasteiger partial charge in [-0.3, -0.25) is 0 Å². The summed E-state index contributed by atoms with van der Waals surface area (Å²) in [6, 6.07) is 4.16. The number of aliphatic imine (C=N–C) groups is 1. The average Bonchev–Trinajstić information content (AvgIpc) is 2.24. The van der Waals surface area contributed by atoms with Gasteiger partial charge in [-0.1, -0.05) is 6.07 Å². The topological polar surface area (TPSA) is 47.9 Å². The number of nitrogens with zero attached hydrogens (tertiary/aromatic N) is 1. The Kier molecular flexibility index (Phi) is 4.12. The van der Waals surface area contributed by atoms with E-state index in [-0.39, 0.29) is 11.3 Å². The van der Waals surface area contributed by atoms with E-state index in [1.165, 1.54) is 38.5 Å². The molecule has 5 heteroatoms. The fraction of sp³-hybridized carbons (Fsp3) is 0.300. The molecule has 0 N–H and O–H groups in total. The second-order valence-corrected chi connectivity index (χ2v) is 2.68. The molecule has 0 atom stereocenters. The highest BCUT2D eigenvalue weighted by molar-refractivity contribution is 5.54. The second kappa shape index (κ2) is 5.36. The van der Waals surface area contributed by atoms with E-state index in [9.17, 15) is 9.18 Å². The second-order valence-electron chi connectivity index (χ2n) is 2.68. The molecule has 0 fully saturated rings. The van der Waals surface area contributed by atoms with Crippen molar-refractivity contribution in [3.8, 4) is 0 Å². The van der Waals surface area contributed by atoms with Crippen LogP contribution in [0.3, 0.4) is 0 Å². The largest absolute Gasteiger partial charge is 0.351 e. The van der Waals surface area contributed by atoms with Crippen molar-refractivity contribution < 1.29 is 18.7 Å². The third-order valence-electron chi connectivity index (χ3n) is 1.86. The molecule has 0 aliphatic carbocycles. The van der Waals surface area contributed by atoms with E-state index in [0.29, 0.717) is 0 Å². The van der Waals surface area contributed by atoms with E-state index in [2.05, 4.69) is 4.99 Å². The maximum atomic E-state index is 13.4. The Labute approximate surface area is 86.3 Å². The van der Waals surface area contributed by atoms with Crippen LogP contribution in [0.4, 0.5) is 10.1 Å². The molecule has 0 radical (unpaired) electrons. The zero-order chi connectivity index (χ0) is 11.3. The van der Waals surface area contributed by atoms with Crippen LogP contribution in [0.5, 0.6) is 0 Å². The minimum Gasteiger partial charge on any atom is -0.351 e. The molecule has 1 aromatic carbocycles. The minimum absolute atomic E-state index is 0.0888. The van der Waals surface area contributed by atoms with Crippen LogP contribution < -0.4 is 0 Å². The third-order valence-corrected chi connectivity index (χ3v) is 1.86. The Hall–Kier alpha value is -1.55. The number of hydrogen-bond donors (Lipinski definition) is 0. The third kappa shape index (κ3) is 2.47. The molecule has 0 unspecified atom stereocenters. The molecule has 0 aliphatic rings. The van der Waals surface area contributed by atoms with Gasteiger partial charge < -0.3 is 9.47 Å². The Morgan fingerprint density at radius 1 is 1.40 bits per heavy atom. The van der Waals surface area contributed by atoms with Crippen LogP contribution in [0.15, 0.2) is 23.2 Å². The zero-order valence-electron chi connectivity index (χ0n) is 8.36. The van der Waals surface area contributed by atoms with Crippen LogP contribution in [0, 0.1) is 5.82 Å². The summed E-state index contributed by atoms with van der Waals surface area (Å²) in [6.45, 7) is 0. The molecule has 4 nitrogen and oxygen atoms in total. The van der Waals surface area contributed by atoms with Crippen LogP contribution in [0.1, 0.15) is 11.9 Å². The lowest BCUT2D eigenvalue weighted by atomic mass is 10.1. The van der Waals surface area contributed by atoms with Crippen molar-refractivity contribution in [3.63, 3.8) is 0 Å². The fourth-order valence-corrected chi connectivity index (χ4v) is 1.24. The molecular weight excluding hydrogens is 201 g/mol. The molecule has 0 saturated carbocycles. The first-order chi connectivity index (χ1) is 7.24. The van der Waals surface area contributed by atoms with Crippen LogP contribution in [0.2, 0.25) is 0 Å². The first-order valence-corrected chi connectivity index (χ1v) is 4.16. The van der Waals surface area contributed by atoms with Crippen molar-refractivity contribution in [2.24, 2.45) is 4.99 Å². The summed E-state index contributed by atoms with van der Waals surface area (Å²) in [5, 5.41) is 0. The molecule has 0 saturated heterocycles. The highest BCUT2D eigenvalue weighted by Crippen LogP contribution is 2.30. The van der Waals surface area contributed by atoms with Gasteiger partial charge in [-0.2, -0.15) is 4.99 Å². The number of methoxy groups -OCH3 is 2. The normalized spacial score (nSPS) is 10.1. The summed E-state index contributed by atoms with van der Waals surface area (Å²) in [5.74, 6) is -0.541. The molecule has 1 aromatic rings. The average molecular weight is 211 g/mol. The van der Waals surface area contributed by atoms with Crippen LogP contribution in [0.25, 0.3) is 0 Å². The molecular formula is C10H10FNO3. The molecule has 0 spiro atoms.